The number of carbonyl (C=O) groups excluding carboxylic acids is 5. The van der Waals surface area contributed by atoms with Crippen LogP contribution in [0.5, 0.6) is 0 Å². The highest BCUT2D eigenvalue weighted by molar-refractivity contribution is 7.80. The molecule has 0 fully saturated rings. The number of hydrogen-bond donors (Lipinski definition) is 9. The van der Waals surface area contributed by atoms with Gasteiger partial charge in [-0.3, -0.25) is 28.8 Å². The van der Waals surface area contributed by atoms with E-state index in [-0.39, 0.29) is 5.75 Å². The average molecular weight is 478 g/mol. The number of nitrogens with two attached hydrogens (primary N) is 3. The molecule has 0 aliphatic rings. The van der Waals surface area contributed by atoms with Gasteiger partial charge in [-0.15, -0.1) is 0 Å². The second-order valence-corrected chi connectivity index (χ2v) is 6.95. The van der Waals surface area contributed by atoms with Crippen LogP contribution in [0.25, 0.3) is 0 Å². The number of carboxylic acid groups (broad SMARTS) is 2. The number of nitrogens with one attached hydrogen (secondary N) is 3. The van der Waals surface area contributed by atoms with Gasteiger partial charge in [0, 0.05) is 12.2 Å². The van der Waals surface area contributed by atoms with Crippen molar-refractivity contribution in [3.05, 3.63) is 0 Å². The van der Waals surface area contributed by atoms with Crippen molar-refractivity contribution in [2.75, 3.05) is 5.75 Å². The lowest BCUT2D eigenvalue weighted by Gasteiger charge is -2.24. The van der Waals surface area contributed by atoms with Crippen molar-refractivity contribution < 1.29 is 43.8 Å². The molecule has 0 rings (SSSR count). The van der Waals surface area contributed by atoms with Crippen LogP contribution in [-0.4, -0.2) is 81.6 Å². The molecule has 4 atom stereocenters. The average Bonchev–Trinajstić information content (AvgIpc) is 2.67. The number of aliphatic carboxylic acids is 2. The van der Waals surface area contributed by atoms with Crippen LogP contribution in [-0.2, 0) is 33.6 Å². The van der Waals surface area contributed by atoms with Crippen LogP contribution < -0.4 is 33.2 Å². The Morgan fingerprint density at radius 1 is 0.750 bits per heavy atom. The molecule has 0 aromatic rings. The van der Waals surface area contributed by atoms with Crippen molar-refractivity contribution in [2.24, 2.45) is 17.2 Å². The fourth-order valence-electron chi connectivity index (χ4n) is 2.25. The quantitative estimate of drug-likeness (QED) is 0.102. The molecule has 11 N–H and O–H groups in total. The monoisotopic (exact) mass is 478 g/mol. The Morgan fingerprint density at radius 3 is 1.62 bits per heavy atom. The molecule has 15 nitrogen and oxygen atoms in total. The predicted molar refractivity (Wildman–Crippen MR) is 110 cm³/mol. The van der Waals surface area contributed by atoms with E-state index in [4.69, 9.17) is 27.4 Å². The summed E-state index contributed by atoms with van der Waals surface area (Å²) in [7, 11) is 0. The van der Waals surface area contributed by atoms with E-state index >= 15 is 0 Å². The van der Waals surface area contributed by atoms with E-state index in [2.05, 4.69) is 23.3 Å². The Hall–Kier alpha value is -3.40. The molecular formula is C16H26N6O9S. The first-order chi connectivity index (χ1) is 14.8. The second-order valence-electron chi connectivity index (χ2n) is 6.58. The molecule has 0 aromatic carbocycles. The highest BCUT2D eigenvalue weighted by atomic mass is 32.1. The Morgan fingerprint density at radius 2 is 1.19 bits per heavy atom. The van der Waals surface area contributed by atoms with Crippen molar-refractivity contribution >= 4 is 54.1 Å². The van der Waals surface area contributed by atoms with Gasteiger partial charge in [0.05, 0.1) is 18.9 Å². The third-order valence-corrected chi connectivity index (χ3v) is 4.26. The van der Waals surface area contributed by atoms with E-state index in [1.807, 2.05) is 5.32 Å². The summed E-state index contributed by atoms with van der Waals surface area (Å²) in [6.45, 7) is 0. The summed E-state index contributed by atoms with van der Waals surface area (Å²) in [5, 5.41) is 24.2. The predicted octanol–water partition coefficient (Wildman–Crippen LogP) is -4.60. The molecule has 0 saturated carbocycles. The summed E-state index contributed by atoms with van der Waals surface area (Å²) in [6.07, 6.45) is -2.53. The van der Waals surface area contributed by atoms with Gasteiger partial charge in [0.1, 0.15) is 18.1 Å². The third kappa shape index (κ3) is 11.1. The molecule has 0 saturated heterocycles. The van der Waals surface area contributed by atoms with E-state index in [9.17, 15) is 33.6 Å². The normalized spacial score (nSPS) is 14.2. The molecule has 0 bridgehead atoms. The van der Waals surface area contributed by atoms with Crippen LogP contribution in [0.4, 0.5) is 0 Å². The SMILES string of the molecule is NC(=O)CC(NC(=O)C(CCC(=O)O)NC(=O)C(CC(N)=O)NC(=O)C(N)CS)C(=O)O. The van der Waals surface area contributed by atoms with Gasteiger partial charge >= 0.3 is 11.9 Å². The molecular weight excluding hydrogens is 452 g/mol. The Balaban J connectivity index is 5.58. The zero-order chi connectivity index (χ0) is 25.0. The fraction of sp³-hybridized carbons (Fsp3) is 0.562. The molecule has 0 aromatic heterocycles. The summed E-state index contributed by atoms with van der Waals surface area (Å²) < 4.78 is 0. The van der Waals surface area contributed by atoms with Gasteiger partial charge in [-0.25, -0.2) is 4.79 Å². The molecule has 0 aliphatic carbocycles. The van der Waals surface area contributed by atoms with Gasteiger partial charge < -0.3 is 43.4 Å². The van der Waals surface area contributed by atoms with Crippen molar-refractivity contribution in [2.45, 2.75) is 49.9 Å². The fourth-order valence-corrected chi connectivity index (χ4v) is 2.42. The summed E-state index contributed by atoms with van der Waals surface area (Å²) >= 11 is 3.83. The van der Waals surface area contributed by atoms with Gasteiger partial charge in [-0.2, -0.15) is 12.6 Å². The van der Waals surface area contributed by atoms with E-state index < -0.39 is 91.3 Å². The van der Waals surface area contributed by atoms with Crippen molar-refractivity contribution in [3.8, 4) is 0 Å². The summed E-state index contributed by atoms with van der Waals surface area (Å²) in [5.41, 5.74) is 15.5. The lowest BCUT2D eigenvalue weighted by molar-refractivity contribution is -0.144. The van der Waals surface area contributed by atoms with Crippen LogP contribution in [0.15, 0.2) is 0 Å². The molecule has 0 spiro atoms. The van der Waals surface area contributed by atoms with Crippen LogP contribution in [0.3, 0.4) is 0 Å². The maximum Gasteiger partial charge on any atom is 0.326 e. The van der Waals surface area contributed by atoms with E-state index in [0.717, 1.165) is 0 Å². The number of hydrogen-bond acceptors (Lipinski definition) is 9. The van der Waals surface area contributed by atoms with Crippen LogP contribution in [0, 0.1) is 0 Å². The summed E-state index contributed by atoms with van der Waals surface area (Å²) in [5.74, 6) is -8.10. The molecule has 0 heterocycles. The molecule has 16 heteroatoms. The largest absolute Gasteiger partial charge is 0.481 e. The zero-order valence-electron chi connectivity index (χ0n) is 16.8. The molecule has 0 aliphatic heterocycles. The standard InChI is InChI=1S/C16H26N6O9S/c17-6(5-32)13(27)21-8(3-10(18)23)15(29)20-7(1-2-12(25)26)14(28)22-9(16(30)31)4-11(19)24/h6-9,32H,1-5,17H2,(H2,18,23)(H2,19,24)(H,20,29)(H,21,27)(H,22,28)(H,25,26)(H,30,31). The third-order valence-electron chi connectivity index (χ3n) is 3.87. The van der Waals surface area contributed by atoms with Gasteiger partial charge in [-0.1, -0.05) is 0 Å². The second kappa shape index (κ2) is 13.8. The van der Waals surface area contributed by atoms with Gasteiger partial charge in [0.2, 0.25) is 29.5 Å². The molecule has 5 amide bonds. The van der Waals surface area contributed by atoms with Crippen LogP contribution >= 0.6 is 12.6 Å². The van der Waals surface area contributed by atoms with Gasteiger partial charge in [0.15, 0.2) is 0 Å². The number of amides is 5. The van der Waals surface area contributed by atoms with Gasteiger partial charge in [-0.05, 0) is 6.42 Å². The number of carboxylic acids is 2. The van der Waals surface area contributed by atoms with E-state index in [1.54, 1.807) is 0 Å². The number of rotatable bonds is 15. The van der Waals surface area contributed by atoms with Crippen molar-refractivity contribution in [1.29, 1.82) is 0 Å². The number of carbonyl (C=O) groups is 7. The minimum atomic E-state index is -1.74. The van der Waals surface area contributed by atoms with E-state index in [1.165, 1.54) is 0 Å². The summed E-state index contributed by atoms with van der Waals surface area (Å²) in [4.78, 5) is 81.3. The van der Waals surface area contributed by atoms with Crippen LogP contribution in [0.1, 0.15) is 25.7 Å². The highest BCUT2D eigenvalue weighted by Crippen LogP contribution is 2.03. The lowest BCUT2D eigenvalue weighted by Crippen LogP contribution is -2.58. The first-order valence-electron chi connectivity index (χ1n) is 9.07. The molecule has 4 unspecified atom stereocenters. The summed E-state index contributed by atoms with van der Waals surface area (Å²) in [6, 6.07) is -6.03. The van der Waals surface area contributed by atoms with Crippen molar-refractivity contribution in [1.82, 2.24) is 16.0 Å². The highest BCUT2D eigenvalue weighted by Gasteiger charge is 2.31. The molecule has 0 radical (unpaired) electrons. The van der Waals surface area contributed by atoms with Gasteiger partial charge in [0.25, 0.3) is 0 Å². The zero-order valence-corrected chi connectivity index (χ0v) is 17.7. The van der Waals surface area contributed by atoms with Crippen LogP contribution in [0.2, 0.25) is 0 Å². The van der Waals surface area contributed by atoms with Crippen molar-refractivity contribution in [3.63, 3.8) is 0 Å². The Labute approximate surface area is 187 Å². The minimum Gasteiger partial charge on any atom is -0.481 e. The topological polar surface area (TPSA) is 274 Å². The first-order valence-corrected chi connectivity index (χ1v) is 9.70. The van der Waals surface area contributed by atoms with E-state index in [0.29, 0.717) is 0 Å². The Bertz CT molecular complexity index is 762. The minimum absolute atomic E-state index is 0.0865. The maximum absolute atomic E-state index is 12.6. The maximum atomic E-state index is 12.6. The lowest BCUT2D eigenvalue weighted by atomic mass is 10.1. The first kappa shape index (κ1) is 28.6. The number of primary amides is 2. The molecule has 180 valence electrons. The smallest absolute Gasteiger partial charge is 0.326 e. The number of thiol groups is 1. The molecule has 32 heavy (non-hydrogen) atoms. The Kier molecular flexibility index (Phi) is 12.3.